The van der Waals surface area contributed by atoms with Crippen LogP contribution in [-0.4, -0.2) is 51.9 Å². The molecule has 3 saturated heterocycles. The standard InChI is InChI=1S/C10H10BrNO5/c1-12-6-3(9(14)15)2-4(8(12)13)7(5(6)11)17-10(2)16/h2-7H,1H3,(H,14,15)/t2-,3+,4+,5+,6-,7+/m0/s1. The number of carbonyl (C=O) groups is 3. The van der Waals surface area contributed by atoms with E-state index in [1.807, 2.05) is 0 Å². The monoisotopic (exact) mass is 303 g/mol. The number of amides is 1. The summed E-state index contributed by atoms with van der Waals surface area (Å²) in [6.07, 6.45) is -0.517. The molecule has 92 valence electrons. The Balaban J connectivity index is 2.14. The fraction of sp³-hybridized carbons (Fsp3) is 0.700. The first kappa shape index (κ1) is 11.0. The van der Waals surface area contributed by atoms with Gasteiger partial charge in [-0.3, -0.25) is 14.4 Å². The number of fused-ring (bicyclic) bond motifs is 1. The van der Waals surface area contributed by atoms with Gasteiger partial charge in [0.1, 0.15) is 6.10 Å². The summed E-state index contributed by atoms with van der Waals surface area (Å²) in [6.45, 7) is 0. The van der Waals surface area contributed by atoms with Crippen LogP contribution in [-0.2, 0) is 19.1 Å². The summed E-state index contributed by atoms with van der Waals surface area (Å²) >= 11 is 3.37. The average molecular weight is 304 g/mol. The number of esters is 1. The minimum absolute atomic E-state index is 0.191. The lowest BCUT2D eigenvalue weighted by molar-refractivity contribution is -0.166. The molecule has 1 N–H and O–H groups in total. The first-order valence-corrected chi connectivity index (χ1v) is 6.20. The number of rotatable bonds is 1. The molecule has 17 heavy (non-hydrogen) atoms. The van der Waals surface area contributed by atoms with Crippen molar-refractivity contribution in [3.8, 4) is 0 Å². The molecule has 3 heterocycles. The van der Waals surface area contributed by atoms with Gasteiger partial charge in [-0.25, -0.2) is 0 Å². The van der Waals surface area contributed by atoms with Gasteiger partial charge >= 0.3 is 11.9 Å². The predicted molar refractivity (Wildman–Crippen MR) is 57.3 cm³/mol. The van der Waals surface area contributed by atoms with Crippen LogP contribution in [0.4, 0.5) is 0 Å². The molecule has 4 rings (SSSR count). The molecule has 6 nitrogen and oxygen atoms in total. The van der Waals surface area contributed by atoms with Crippen molar-refractivity contribution >= 4 is 33.8 Å². The van der Waals surface area contributed by atoms with E-state index in [4.69, 9.17) is 4.74 Å². The van der Waals surface area contributed by atoms with Crippen LogP contribution < -0.4 is 0 Å². The number of carboxylic acid groups (broad SMARTS) is 1. The Morgan fingerprint density at radius 3 is 2.65 bits per heavy atom. The van der Waals surface area contributed by atoms with E-state index in [-0.39, 0.29) is 10.7 Å². The van der Waals surface area contributed by atoms with Crippen molar-refractivity contribution < 1.29 is 24.2 Å². The smallest absolute Gasteiger partial charge is 0.311 e. The summed E-state index contributed by atoms with van der Waals surface area (Å²) in [6, 6.07) is -0.522. The fourth-order valence-corrected chi connectivity index (χ4v) is 4.43. The highest BCUT2D eigenvalue weighted by atomic mass is 79.9. The van der Waals surface area contributed by atoms with Crippen LogP contribution in [0, 0.1) is 17.8 Å². The Hall–Kier alpha value is -1.11. The van der Waals surface area contributed by atoms with Crippen molar-refractivity contribution in [3.63, 3.8) is 0 Å². The van der Waals surface area contributed by atoms with Gasteiger partial charge < -0.3 is 14.7 Å². The number of nitrogens with zero attached hydrogens (tertiary/aromatic N) is 1. The topological polar surface area (TPSA) is 83.9 Å². The molecule has 0 aromatic carbocycles. The van der Waals surface area contributed by atoms with Gasteiger partial charge in [-0.2, -0.15) is 0 Å². The summed E-state index contributed by atoms with van der Waals surface area (Å²) < 4.78 is 5.13. The maximum atomic E-state index is 12.0. The molecule has 7 heteroatoms. The summed E-state index contributed by atoms with van der Waals surface area (Å²) in [5, 5.41) is 9.25. The highest BCUT2D eigenvalue weighted by Gasteiger charge is 2.69. The molecule has 3 aliphatic heterocycles. The molecule has 4 aliphatic rings. The second-order valence-corrected chi connectivity index (χ2v) is 5.76. The second kappa shape index (κ2) is 3.22. The van der Waals surface area contributed by atoms with Crippen LogP contribution in [0.1, 0.15) is 0 Å². The van der Waals surface area contributed by atoms with Crippen LogP contribution in [0.5, 0.6) is 0 Å². The van der Waals surface area contributed by atoms with Gasteiger partial charge in [-0.15, -0.1) is 0 Å². The van der Waals surface area contributed by atoms with Gasteiger partial charge in [0.05, 0.1) is 28.6 Å². The third kappa shape index (κ3) is 1.13. The number of ether oxygens (including phenoxy) is 1. The molecule has 1 amide bonds. The van der Waals surface area contributed by atoms with Crippen LogP contribution in [0.15, 0.2) is 0 Å². The minimum Gasteiger partial charge on any atom is -0.481 e. The van der Waals surface area contributed by atoms with Crippen molar-refractivity contribution in [2.75, 3.05) is 7.05 Å². The highest BCUT2D eigenvalue weighted by Crippen LogP contribution is 2.52. The van der Waals surface area contributed by atoms with Gasteiger partial charge in [0.15, 0.2) is 0 Å². The van der Waals surface area contributed by atoms with E-state index in [0.29, 0.717) is 0 Å². The van der Waals surface area contributed by atoms with Crippen LogP contribution in [0.2, 0.25) is 0 Å². The second-order valence-electron chi connectivity index (χ2n) is 4.70. The molecule has 1 saturated carbocycles. The normalized spacial score (nSPS) is 47.3. The Kier molecular flexibility index (Phi) is 2.08. The number of hydrogen-bond donors (Lipinski definition) is 1. The molecule has 0 aromatic heterocycles. The number of aliphatic carboxylic acids is 1. The number of carboxylic acids is 1. The lowest BCUT2D eigenvalue weighted by atomic mass is 9.65. The van der Waals surface area contributed by atoms with E-state index < -0.39 is 41.8 Å². The summed E-state index contributed by atoms with van der Waals surface area (Å²) in [5.41, 5.74) is 0. The number of hydrogen-bond acceptors (Lipinski definition) is 4. The lowest BCUT2D eigenvalue weighted by Crippen LogP contribution is -2.68. The Labute approximate surface area is 105 Å². The third-order valence-electron chi connectivity index (χ3n) is 4.03. The van der Waals surface area contributed by atoms with Crippen molar-refractivity contribution in [1.82, 2.24) is 4.90 Å². The molecular formula is C10H10BrNO5. The van der Waals surface area contributed by atoms with Gasteiger partial charge in [0.2, 0.25) is 5.91 Å². The predicted octanol–water partition coefficient (Wildman–Crippen LogP) is -0.537. The Bertz CT molecular complexity index is 438. The van der Waals surface area contributed by atoms with Gasteiger partial charge in [-0.1, -0.05) is 15.9 Å². The fourth-order valence-electron chi connectivity index (χ4n) is 3.31. The SMILES string of the molecule is CN1C(=O)[C@H]2[C@H]3OC(=O)[C@H]2[C@@H](C(=O)O)[C@H]1[C@H]3Br. The van der Waals surface area contributed by atoms with E-state index in [0.717, 1.165) is 0 Å². The molecule has 4 fully saturated rings. The van der Waals surface area contributed by atoms with Crippen LogP contribution in [0.25, 0.3) is 0 Å². The van der Waals surface area contributed by atoms with Gasteiger partial charge in [-0.05, 0) is 0 Å². The average Bonchev–Trinajstić information content (AvgIpc) is 2.54. The molecule has 6 atom stereocenters. The molecular weight excluding hydrogens is 294 g/mol. The Morgan fingerprint density at radius 1 is 1.41 bits per heavy atom. The number of halogens is 1. The summed E-state index contributed by atoms with van der Waals surface area (Å²) in [7, 11) is 1.58. The largest absolute Gasteiger partial charge is 0.481 e. The van der Waals surface area contributed by atoms with Crippen LogP contribution >= 0.6 is 15.9 Å². The van der Waals surface area contributed by atoms with E-state index in [1.54, 1.807) is 7.05 Å². The minimum atomic E-state index is -1.05. The molecule has 0 unspecified atom stereocenters. The zero-order valence-electron chi connectivity index (χ0n) is 8.87. The van der Waals surface area contributed by atoms with Crippen LogP contribution in [0.3, 0.4) is 0 Å². The van der Waals surface area contributed by atoms with E-state index >= 15 is 0 Å². The number of carbonyl (C=O) groups excluding carboxylic acids is 2. The molecule has 4 bridgehead atoms. The Morgan fingerprint density at radius 2 is 2.06 bits per heavy atom. The lowest BCUT2D eigenvalue weighted by Gasteiger charge is -2.50. The first-order chi connectivity index (χ1) is 7.95. The van der Waals surface area contributed by atoms with Crippen molar-refractivity contribution in [1.29, 1.82) is 0 Å². The van der Waals surface area contributed by atoms with Gasteiger partial charge in [0.25, 0.3) is 0 Å². The maximum absolute atomic E-state index is 12.0. The quantitative estimate of drug-likeness (QED) is 0.520. The van der Waals surface area contributed by atoms with E-state index in [2.05, 4.69) is 15.9 Å². The van der Waals surface area contributed by atoms with E-state index in [9.17, 15) is 19.5 Å². The molecule has 0 radical (unpaired) electrons. The van der Waals surface area contributed by atoms with E-state index in [1.165, 1.54) is 4.90 Å². The number of alkyl halides is 1. The number of piperidine rings is 2. The molecule has 0 aromatic rings. The molecule has 0 spiro atoms. The zero-order chi connectivity index (χ0) is 12.5. The van der Waals surface area contributed by atoms with Crippen molar-refractivity contribution in [2.24, 2.45) is 17.8 Å². The van der Waals surface area contributed by atoms with Crippen molar-refractivity contribution in [2.45, 2.75) is 17.0 Å². The third-order valence-corrected chi connectivity index (χ3v) is 5.09. The van der Waals surface area contributed by atoms with Gasteiger partial charge in [0, 0.05) is 7.05 Å². The molecule has 1 aliphatic carbocycles. The zero-order valence-corrected chi connectivity index (χ0v) is 10.5. The highest BCUT2D eigenvalue weighted by molar-refractivity contribution is 9.09. The maximum Gasteiger partial charge on any atom is 0.311 e. The first-order valence-electron chi connectivity index (χ1n) is 5.29. The summed E-state index contributed by atoms with van der Waals surface area (Å²) in [4.78, 5) is 36.1. The van der Waals surface area contributed by atoms with Crippen molar-refractivity contribution in [3.05, 3.63) is 0 Å². The summed E-state index contributed by atoms with van der Waals surface area (Å²) in [5.74, 6) is -4.14.